The normalized spacial score (nSPS) is 14.4. The SMILES string of the molecule is COCCC(C)C(O)c1ccc(OC)c(C)c1. The van der Waals surface area contributed by atoms with E-state index in [1.807, 2.05) is 32.0 Å². The van der Waals surface area contributed by atoms with E-state index in [1.54, 1.807) is 14.2 Å². The van der Waals surface area contributed by atoms with Crippen LogP contribution in [0, 0.1) is 12.8 Å². The Morgan fingerprint density at radius 3 is 2.53 bits per heavy atom. The predicted molar refractivity (Wildman–Crippen MR) is 68.3 cm³/mol. The number of aliphatic hydroxyl groups excluding tert-OH is 1. The van der Waals surface area contributed by atoms with Crippen molar-refractivity contribution in [2.45, 2.75) is 26.4 Å². The second kappa shape index (κ2) is 6.62. The number of rotatable bonds is 6. The molecule has 0 saturated carbocycles. The van der Waals surface area contributed by atoms with Gasteiger partial charge in [-0.1, -0.05) is 13.0 Å². The highest BCUT2D eigenvalue weighted by atomic mass is 16.5. The number of hydrogen-bond acceptors (Lipinski definition) is 3. The van der Waals surface area contributed by atoms with Gasteiger partial charge < -0.3 is 14.6 Å². The third-order valence-electron chi connectivity index (χ3n) is 3.08. The van der Waals surface area contributed by atoms with Gasteiger partial charge in [0.15, 0.2) is 0 Å². The Morgan fingerprint density at radius 2 is 2.00 bits per heavy atom. The number of ether oxygens (including phenoxy) is 2. The number of aliphatic hydroxyl groups is 1. The largest absolute Gasteiger partial charge is 0.496 e. The van der Waals surface area contributed by atoms with Crippen LogP contribution in [0.4, 0.5) is 0 Å². The lowest BCUT2D eigenvalue weighted by Crippen LogP contribution is -2.11. The third kappa shape index (κ3) is 3.72. The summed E-state index contributed by atoms with van der Waals surface area (Å²) in [4.78, 5) is 0. The highest BCUT2D eigenvalue weighted by molar-refractivity contribution is 5.37. The summed E-state index contributed by atoms with van der Waals surface area (Å²) in [5.41, 5.74) is 1.98. The first-order valence-corrected chi connectivity index (χ1v) is 5.91. The molecule has 0 saturated heterocycles. The van der Waals surface area contributed by atoms with Crippen LogP contribution in [0.2, 0.25) is 0 Å². The minimum Gasteiger partial charge on any atom is -0.496 e. The Bertz CT molecular complexity index is 349. The van der Waals surface area contributed by atoms with Crippen molar-refractivity contribution in [2.75, 3.05) is 20.8 Å². The maximum absolute atomic E-state index is 10.2. The molecule has 3 nitrogen and oxygen atoms in total. The topological polar surface area (TPSA) is 38.7 Å². The van der Waals surface area contributed by atoms with Crippen molar-refractivity contribution in [1.29, 1.82) is 0 Å². The van der Waals surface area contributed by atoms with E-state index in [0.717, 1.165) is 23.3 Å². The molecular weight excluding hydrogens is 216 g/mol. The van der Waals surface area contributed by atoms with E-state index in [1.165, 1.54) is 0 Å². The lowest BCUT2D eigenvalue weighted by molar-refractivity contribution is 0.0885. The molecule has 2 atom stereocenters. The van der Waals surface area contributed by atoms with Crippen molar-refractivity contribution < 1.29 is 14.6 Å². The molecule has 0 aliphatic carbocycles. The molecule has 0 aromatic heterocycles. The van der Waals surface area contributed by atoms with Crippen LogP contribution in [0.3, 0.4) is 0 Å². The van der Waals surface area contributed by atoms with Crippen molar-refractivity contribution in [3.63, 3.8) is 0 Å². The molecule has 1 aromatic rings. The van der Waals surface area contributed by atoms with E-state index in [4.69, 9.17) is 9.47 Å². The van der Waals surface area contributed by atoms with Crippen LogP contribution >= 0.6 is 0 Å². The van der Waals surface area contributed by atoms with Gasteiger partial charge in [0.1, 0.15) is 5.75 Å². The number of benzene rings is 1. The van der Waals surface area contributed by atoms with Gasteiger partial charge in [-0.25, -0.2) is 0 Å². The summed E-state index contributed by atoms with van der Waals surface area (Å²) in [7, 11) is 3.33. The molecule has 0 aliphatic rings. The summed E-state index contributed by atoms with van der Waals surface area (Å²) >= 11 is 0. The molecule has 3 heteroatoms. The minimum absolute atomic E-state index is 0.183. The quantitative estimate of drug-likeness (QED) is 0.828. The molecular formula is C14H22O3. The molecule has 0 aliphatic heterocycles. The molecule has 0 bridgehead atoms. The molecule has 2 unspecified atom stereocenters. The van der Waals surface area contributed by atoms with Crippen molar-refractivity contribution in [3.05, 3.63) is 29.3 Å². The van der Waals surface area contributed by atoms with Crippen LogP contribution in [-0.4, -0.2) is 25.9 Å². The summed E-state index contributed by atoms with van der Waals surface area (Å²) in [6.07, 6.45) is 0.401. The molecule has 96 valence electrons. The molecule has 1 N–H and O–H groups in total. The average Bonchev–Trinajstić information content (AvgIpc) is 2.34. The molecule has 0 radical (unpaired) electrons. The second-order valence-electron chi connectivity index (χ2n) is 4.43. The molecule has 1 aromatic carbocycles. The molecule has 17 heavy (non-hydrogen) atoms. The van der Waals surface area contributed by atoms with Crippen molar-refractivity contribution in [3.8, 4) is 5.75 Å². The van der Waals surface area contributed by atoms with E-state index in [2.05, 4.69) is 0 Å². The van der Waals surface area contributed by atoms with Gasteiger partial charge in [-0.05, 0) is 42.5 Å². The van der Waals surface area contributed by atoms with Crippen LogP contribution in [-0.2, 0) is 4.74 Å². The number of aryl methyl sites for hydroxylation is 1. The smallest absolute Gasteiger partial charge is 0.121 e. The van der Waals surface area contributed by atoms with Crippen LogP contribution < -0.4 is 4.74 Å². The molecule has 0 heterocycles. The molecule has 0 spiro atoms. The Hall–Kier alpha value is -1.06. The predicted octanol–water partition coefficient (Wildman–Crippen LogP) is 2.71. The Morgan fingerprint density at radius 1 is 1.29 bits per heavy atom. The van der Waals surface area contributed by atoms with Gasteiger partial charge in [-0.15, -0.1) is 0 Å². The fraction of sp³-hybridized carbons (Fsp3) is 0.571. The van der Waals surface area contributed by atoms with E-state index in [9.17, 15) is 5.11 Å². The fourth-order valence-electron chi connectivity index (χ4n) is 1.88. The van der Waals surface area contributed by atoms with Gasteiger partial charge in [0.2, 0.25) is 0 Å². The first-order valence-electron chi connectivity index (χ1n) is 5.91. The molecule has 0 amide bonds. The maximum Gasteiger partial charge on any atom is 0.121 e. The van der Waals surface area contributed by atoms with Crippen LogP contribution in [0.1, 0.15) is 30.6 Å². The van der Waals surface area contributed by atoms with Crippen molar-refractivity contribution >= 4 is 0 Å². The summed E-state index contributed by atoms with van der Waals surface area (Å²) in [6, 6.07) is 5.80. The van der Waals surface area contributed by atoms with Gasteiger partial charge >= 0.3 is 0 Å². The summed E-state index contributed by atoms with van der Waals surface area (Å²) in [6.45, 7) is 4.69. The monoisotopic (exact) mass is 238 g/mol. The Kier molecular flexibility index (Phi) is 5.45. The van der Waals surface area contributed by atoms with Gasteiger partial charge in [0.25, 0.3) is 0 Å². The molecule has 1 rings (SSSR count). The van der Waals surface area contributed by atoms with Crippen LogP contribution in [0.15, 0.2) is 18.2 Å². The summed E-state index contributed by atoms with van der Waals surface area (Å²) in [5.74, 6) is 1.04. The first-order chi connectivity index (χ1) is 8.10. The Balaban J connectivity index is 2.74. The lowest BCUT2D eigenvalue weighted by Gasteiger charge is -2.19. The number of methoxy groups -OCH3 is 2. The maximum atomic E-state index is 10.2. The van der Waals surface area contributed by atoms with E-state index >= 15 is 0 Å². The second-order valence-corrected chi connectivity index (χ2v) is 4.43. The third-order valence-corrected chi connectivity index (χ3v) is 3.08. The average molecular weight is 238 g/mol. The number of hydrogen-bond donors (Lipinski definition) is 1. The van der Waals surface area contributed by atoms with Gasteiger partial charge in [-0.3, -0.25) is 0 Å². The zero-order chi connectivity index (χ0) is 12.8. The molecule has 0 fully saturated rings. The minimum atomic E-state index is -0.449. The van der Waals surface area contributed by atoms with Gasteiger partial charge in [0.05, 0.1) is 13.2 Å². The summed E-state index contributed by atoms with van der Waals surface area (Å²) < 4.78 is 10.2. The van der Waals surface area contributed by atoms with Crippen LogP contribution in [0.5, 0.6) is 5.75 Å². The standard InChI is InChI=1S/C14H22O3/c1-10(7-8-16-3)14(15)12-5-6-13(17-4)11(2)9-12/h5-6,9-10,14-15H,7-8H2,1-4H3. The van der Waals surface area contributed by atoms with Gasteiger partial charge in [-0.2, -0.15) is 0 Å². The highest BCUT2D eigenvalue weighted by Gasteiger charge is 2.16. The summed E-state index contributed by atoms with van der Waals surface area (Å²) in [5, 5.41) is 10.2. The fourth-order valence-corrected chi connectivity index (χ4v) is 1.88. The highest BCUT2D eigenvalue weighted by Crippen LogP contribution is 2.28. The van der Waals surface area contributed by atoms with Crippen molar-refractivity contribution in [2.24, 2.45) is 5.92 Å². The van der Waals surface area contributed by atoms with E-state index in [0.29, 0.717) is 6.61 Å². The zero-order valence-corrected chi connectivity index (χ0v) is 11.1. The Labute approximate surface area is 103 Å². The van der Waals surface area contributed by atoms with E-state index in [-0.39, 0.29) is 5.92 Å². The first kappa shape index (κ1) is 14.0. The van der Waals surface area contributed by atoms with Gasteiger partial charge in [0, 0.05) is 13.7 Å². The lowest BCUT2D eigenvalue weighted by atomic mass is 9.94. The zero-order valence-electron chi connectivity index (χ0n) is 11.1. The van der Waals surface area contributed by atoms with Crippen molar-refractivity contribution in [1.82, 2.24) is 0 Å². The van der Waals surface area contributed by atoms with Crippen LogP contribution in [0.25, 0.3) is 0 Å². The van der Waals surface area contributed by atoms with E-state index < -0.39 is 6.10 Å².